The van der Waals surface area contributed by atoms with Crippen molar-refractivity contribution in [1.82, 2.24) is 5.32 Å². The third-order valence-corrected chi connectivity index (χ3v) is 4.51. The largest absolute Gasteiger partial charge is 0.467 e. The number of carbonyl (C=O) groups is 2. The third kappa shape index (κ3) is 3.55. The molecule has 0 aliphatic heterocycles. The Bertz CT molecular complexity index is 853. The quantitative estimate of drug-likeness (QED) is 0.741. The lowest BCUT2D eigenvalue weighted by Gasteiger charge is -2.11. The van der Waals surface area contributed by atoms with Crippen molar-refractivity contribution >= 4 is 28.8 Å². The predicted octanol–water partition coefficient (Wildman–Crippen LogP) is 3.83. The molecule has 122 valence electrons. The Kier molecular flexibility index (Phi) is 4.77. The van der Waals surface area contributed by atoms with Crippen molar-refractivity contribution in [2.75, 3.05) is 5.32 Å². The molecular formula is C18H16N2O3S. The molecule has 1 aromatic carbocycles. The van der Waals surface area contributed by atoms with Gasteiger partial charge in [-0.3, -0.25) is 9.59 Å². The van der Waals surface area contributed by atoms with Crippen LogP contribution in [0, 0.1) is 6.92 Å². The van der Waals surface area contributed by atoms with Crippen molar-refractivity contribution < 1.29 is 14.0 Å². The second-order valence-corrected chi connectivity index (χ2v) is 6.11. The molecule has 0 spiro atoms. The summed E-state index contributed by atoms with van der Waals surface area (Å²) in [5, 5.41) is 7.46. The molecular weight excluding hydrogens is 324 g/mol. The number of benzene rings is 1. The first-order chi connectivity index (χ1) is 11.6. The average molecular weight is 340 g/mol. The summed E-state index contributed by atoms with van der Waals surface area (Å²) in [4.78, 5) is 25.4. The van der Waals surface area contributed by atoms with E-state index >= 15 is 0 Å². The summed E-state index contributed by atoms with van der Waals surface area (Å²) in [6.07, 6.45) is 1.55. The van der Waals surface area contributed by atoms with Gasteiger partial charge in [0.2, 0.25) is 0 Å². The zero-order valence-electron chi connectivity index (χ0n) is 13.0. The van der Waals surface area contributed by atoms with Gasteiger partial charge in [-0.1, -0.05) is 12.1 Å². The minimum Gasteiger partial charge on any atom is -0.467 e. The molecule has 2 aromatic heterocycles. The third-order valence-electron chi connectivity index (χ3n) is 3.49. The van der Waals surface area contributed by atoms with E-state index < -0.39 is 0 Å². The normalized spacial score (nSPS) is 10.4. The average Bonchev–Trinajstić information content (AvgIpc) is 3.24. The van der Waals surface area contributed by atoms with Gasteiger partial charge < -0.3 is 15.1 Å². The number of nitrogens with one attached hydrogen (secondary N) is 2. The van der Waals surface area contributed by atoms with Crippen LogP contribution in [0.1, 0.15) is 31.4 Å². The summed E-state index contributed by atoms with van der Waals surface area (Å²) in [5.41, 5.74) is 1.80. The number of anilines is 1. The van der Waals surface area contributed by atoms with Crippen LogP contribution in [0.5, 0.6) is 0 Å². The lowest BCUT2D eigenvalue weighted by Crippen LogP contribution is -2.24. The lowest BCUT2D eigenvalue weighted by atomic mass is 10.1. The minimum absolute atomic E-state index is 0.214. The van der Waals surface area contributed by atoms with Gasteiger partial charge in [0.05, 0.1) is 28.9 Å². The summed E-state index contributed by atoms with van der Waals surface area (Å²) >= 11 is 1.37. The van der Waals surface area contributed by atoms with Gasteiger partial charge in [0.15, 0.2) is 0 Å². The predicted molar refractivity (Wildman–Crippen MR) is 93.3 cm³/mol. The Morgan fingerprint density at radius 3 is 2.62 bits per heavy atom. The second-order valence-electron chi connectivity index (χ2n) is 5.19. The number of furan rings is 1. The van der Waals surface area contributed by atoms with Gasteiger partial charge in [0, 0.05) is 0 Å². The topological polar surface area (TPSA) is 71.3 Å². The van der Waals surface area contributed by atoms with E-state index in [1.165, 1.54) is 11.3 Å². The van der Waals surface area contributed by atoms with E-state index in [1.54, 1.807) is 42.7 Å². The zero-order valence-corrected chi connectivity index (χ0v) is 13.9. The Hall–Kier alpha value is -2.86. The second kappa shape index (κ2) is 7.14. The molecule has 0 saturated carbocycles. The van der Waals surface area contributed by atoms with Gasteiger partial charge in [0.25, 0.3) is 11.8 Å². The number of amides is 2. The summed E-state index contributed by atoms with van der Waals surface area (Å²) < 4.78 is 5.19. The fourth-order valence-corrected chi connectivity index (χ4v) is 3.07. The summed E-state index contributed by atoms with van der Waals surface area (Å²) in [5.74, 6) is 0.179. The zero-order chi connectivity index (χ0) is 16.9. The number of para-hydroxylation sites is 1. The standard InChI is InChI=1S/C18H16N2O3S/c1-12-8-10-24-16(12)18(22)20-15-7-3-2-6-14(15)17(21)19-11-13-5-4-9-23-13/h2-10H,11H2,1H3,(H,19,21)(H,20,22). The summed E-state index contributed by atoms with van der Waals surface area (Å²) in [6, 6.07) is 12.4. The smallest absolute Gasteiger partial charge is 0.266 e. The van der Waals surface area contributed by atoms with Crippen molar-refractivity contribution in [2.24, 2.45) is 0 Å². The molecule has 0 aliphatic carbocycles. The van der Waals surface area contributed by atoms with Crippen LogP contribution in [-0.4, -0.2) is 11.8 Å². The molecule has 5 nitrogen and oxygen atoms in total. The maximum atomic E-state index is 12.4. The van der Waals surface area contributed by atoms with Crippen LogP contribution in [0.25, 0.3) is 0 Å². The minimum atomic E-state index is -0.273. The SMILES string of the molecule is Cc1ccsc1C(=O)Nc1ccccc1C(=O)NCc1ccco1. The highest BCUT2D eigenvalue weighted by molar-refractivity contribution is 7.12. The van der Waals surface area contributed by atoms with Crippen LogP contribution in [0.3, 0.4) is 0 Å². The van der Waals surface area contributed by atoms with Gasteiger partial charge in [-0.25, -0.2) is 0 Å². The highest BCUT2D eigenvalue weighted by Gasteiger charge is 2.16. The number of hydrogen-bond acceptors (Lipinski definition) is 4. The van der Waals surface area contributed by atoms with E-state index in [-0.39, 0.29) is 18.4 Å². The van der Waals surface area contributed by atoms with E-state index in [2.05, 4.69) is 10.6 Å². The van der Waals surface area contributed by atoms with Gasteiger partial charge in [-0.2, -0.15) is 0 Å². The summed E-state index contributed by atoms with van der Waals surface area (Å²) in [6.45, 7) is 2.17. The van der Waals surface area contributed by atoms with Gasteiger partial charge in [-0.05, 0) is 48.2 Å². The molecule has 6 heteroatoms. The van der Waals surface area contributed by atoms with Crippen molar-refractivity contribution in [1.29, 1.82) is 0 Å². The molecule has 2 heterocycles. The number of hydrogen-bond donors (Lipinski definition) is 2. The maximum absolute atomic E-state index is 12.4. The van der Waals surface area contributed by atoms with E-state index in [1.807, 2.05) is 18.4 Å². The Morgan fingerprint density at radius 2 is 1.92 bits per heavy atom. The monoisotopic (exact) mass is 340 g/mol. The number of carbonyl (C=O) groups excluding carboxylic acids is 2. The molecule has 0 bridgehead atoms. The van der Waals surface area contributed by atoms with E-state index in [4.69, 9.17) is 4.42 Å². The highest BCUT2D eigenvalue weighted by atomic mass is 32.1. The molecule has 3 aromatic rings. The van der Waals surface area contributed by atoms with Crippen LogP contribution >= 0.6 is 11.3 Å². The fraction of sp³-hybridized carbons (Fsp3) is 0.111. The molecule has 0 aliphatic rings. The fourth-order valence-electron chi connectivity index (χ4n) is 2.25. The number of aryl methyl sites for hydroxylation is 1. The van der Waals surface area contributed by atoms with Crippen LogP contribution in [-0.2, 0) is 6.54 Å². The van der Waals surface area contributed by atoms with E-state index in [0.29, 0.717) is 21.9 Å². The first kappa shape index (κ1) is 16.0. The van der Waals surface area contributed by atoms with Crippen molar-refractivity contribution in [3.8, 4) is 0 Å². The highest BCUT2D eigenvalue weighted by Crippen LogP contribution is 2.20. The Morgan fingerprint density at radius 1 is 1.08 bits per heavy atom. The van der Waals surface area contributed by atoms with Gasteiger partial charge in [-0.15, -0.1) is 11.3 Å². The van der Waals surface area contributed by atoms with Crippen molar-refractivity contribution in [3.05, 3.63) is 75.9 Å². The van der Waals surface area contributed by atoms with Gasteiger partial charge >= 0.3 is 0 Å². The van der Waals surface area contributed by atoms with Crippen molar-refractivity contribution in [3.63, 3.8) is 0 Å². The first-order valence-corrected chi connectivity index (χ1v) is 8.28. The molecule has 0 radical (unpaired) electrons. The van der Waals surface area contributed by atoms with E-state index in [0.717, 1.165) is 5.56 Å². The van der Waals surface area contributed by atoms with Crippen LogP contribution < -0.4 is 10.6 Å². The molecule has 3 rings (SSSR count). The molecule has 0 saturated heterocycles. The molecule has 2 N–H and O–H groups in total. The van der Waals surface area contributed by atoms with Crippen molar-refractivity contribution in [2.45, 2.75) is 13.5 Å². The Labute approximate surface area is 143 Å². The molecule has 2 amide bonds. The molecule has 0 unspecified atom stereocenters. The van der Waals surface area contributed by atoms with Crippen LogP contribution in [0.2, 0.25) is 0 Å². The summed E-state index contributed by atoms with van der Waals surface area (Å²) in [7, 11) is 0. The number of thiophene rings is 1. The maximum Gasteiger partial charge on any atom is 0.266 e. The van der Waals surface area contributed by atoms with E-state index in [9.17, 15) is 9.59 Å². The lowest BCUT2D eigenvalue weighted by molar-refractivity contribution is 0.0949. The first-order valence-electron chi connectivity index (χ1n) is 7.40. The number of rotatable bonds is 5. The van der Waals surface area contributed by atoms with Crippen LogP contribution in [0.4, 0.5) is 5.69 Å². The van der Waals surface area contributed by atoms with Crippen LogP contribution in [0.15, 0.2) is 58.5 Å². The van der Waals surface area contributed by atoms with Gasteiger partial charge in [0.1, 0.15) is 5.76 Å². The molecule has 24 heavy (non-hydrogen) atoms. The molecule has 0 atom stereocenters. The Balaban J connectivity index is 1.74. The molecule has 0 fully saturated rings.